The van der Waals surface area contributed by atoms with E-state index in [0.717, 1.165) is 18.7 Å². The van der Waals surface area contributed by atoms with Gasteiger partial charge in [-0.15, -0.1) is 0 Å². The first kappa shape index (κ1) is 15.5. The molecule has 4 heteroatoms. The van der Waals surface area contributed by atoms with Gasteiger partial charge < -0.3 is 10.2 Å². The molecular weight excluding hydrogens is 291 g/mol. The standard InChI is InChI=1S/C19H21FN2O/c20-16-6-8-17(9-7-16)21-19(23)12-5-15-3-10-18(11-4-15)22-13-1-2-14-22/h3-4,6-11H,1-2,5,12-14H2,(H,21,23). The summed E-state index contributed by atoms with van der Waals surface area (Å²) < 4.78 is 12.8. The van der Waals surface area contributed by atoms with E-state index in [-0.39, 0.29) is 11.7 Å². The molecule has 0 aliphatic carbocycles. The molecule has 0 unspecified atom stereocenters. The third-order valence-electron chi connectivity index (χ3n) is 4.18. The van der Waals surface area contributed by atoms with Crippen molar-refractivity contribution in [2.45, 2.75) is 25.7 Å². The monoisotopic (exact) mass is 312 g/mol. The lowest BCUT2D eigenvalue weighted by molar-refractivity contribution is -0.116. The molecule has 1 aliphatic rings. The van der Waals surface area contributed by atoms with Crippen molar-refractivity contribution in [3.8, 4) is 0 Å². The molecule has 1 fully saturated rings. The Morgan fingerprint density at radius 3 is 2.30 bits per heavy atom. The van der Waals surface area contributed by atoms with Gasteiger partial charge in [-0.25, -0.2) is 4.39 Å². The number of amides is 1. The van der Waals surface area contributed by atoms with E-state index in [1.54, 1.807) is 12.1 Å². The van der Waals surface area contributed by atoms with E-state index in [1.807, 2.05) is 0 Å². The second-order valence-corrected chi connectivity index (χ2v) is 5.92. The number of hydrogen-bond acceptors (Lipinski definition) is 2. The summed E-state index contributed by atoms with van der Waals surface area (Å²) in [6, 6.07) is 14.3. The first-order chi connectivity index (χ1) is 11.2. The summed E-state index contributed by atoms with van der Waals surface area (Å²) in [5.74, 6) is -0.360. The first-order valence-corrected chi connectivity index (χ1v) is 8.10. The van der Waals surface area contributed by atoms with Crippen molar-refractivity contribution in [1.82, 2.24) is 0 Å². The largest absolute Gasteiger partial charge is 0.372 e. The molecule has 1 amide bonds. The number of carbonyl (C=O) groups is 1. The van der Waals surface area contributed by atoms with Crippen LogP contribution in [0.15, 0.2) is 48.5 Å². The topological polar surface area (TPSA) is 32.3 Å². The third-order valence-corrected chi connectivity index (χ3v) is 4.18. The van der Waals surface area contributed by atoms with Gasteiger partial charge in [0.2, 0.25) is 5.91 Å². The molecule has 0 saturated carbocycles. The van der Waals surface area contributed by atoms with Crippen molar-refractivity contribution in [3.63, 3.8) is 0 Å². The van der Waals surface area contributed by atoms with Gasteiger partial charge in [-0.1, -0.05) is 12.1 Å². The smallest absolute Gasteiger partial charge is 0.224 e. The highest BCUT2D eigenvalue weighted by Gasteiger charge is 2.12. The van der Waals surface area contributed by atoms with Gasteiger partial charge in [0, 0.05) is 30.9 Å². The lowest BCUT2D eigenvalue weighted by Gasteiger charge is -2.17. The van der Waals surface area contributed by atoms with E-state index in [2.05, 4.69) is 34.5 Å². The number of anilines is 2. The lowest BCUT2D eigenvalue weighted by atomic mass is 10.1. The van der Waals surface area contributed by atoms with Crippen LogP contribution in [0.2, 0.25) is 0 Å². The van der Waals surface area contributed by atoms with Crippen LogP contribution in [-0.2, 0) is 11.2 Å². The molecule has 120 valence electrons. The average molecular weight is 312 g/mol. The van der Waals surface area contributed by atoms with E-state index in [4.69, 9.17) is 0 Å². The van der Waals surface area contributed by atoms with Gasteiger partial charge >= 0.3 is 0 Å². The minimum atomic E-state index is -0.305. The van der Waals surface area contributed by atoms with E-state index in [9.17, 15) is 9.18 Å². The Labute approximate surface area is 136 Å². The highest BCUT2D eigenvalue weighted by Crippen LogP contribution is 2.21. The van der Waals surface area contributed by atoms with Gasteiger partial charge in [0.05, 0.1) is 0 Å². The van der Waals surface area contributed by atoms with Gasteiger partial charge in [0.15, 0.2) is 0 Å². The molecule has 2 aromatic rings. The second-order valence-electron chi connectivity index (χ2n) is 5.92. The van der Waals surface area contributed by atoms with Crippen LogP contribution in [0.3, 0.4) is 0 Å². The molecule has 1 N–H and O–H groups in total. The molecule has 2 aromatic carbocycles. The van der Waals surface area contributed by atoms with Gasteiger partial charge in [0.25, 0.3) is 0 Å². The Kier molecular flexibility index (Phi) is 4.91. The summed E-state index contributed by atoms with van der Waals surface area (Å²) in [6.45, 7) is 2.28. The van der Waals surface area contributed by atoms with Crippen LogP contribution >= 0.6 is 0 Å². The van der Waals surface area contributed by atoms with Crippen LogP contribution in [0.25, 0.3) is 0 Å². The zero-order valence-electron chi connectivity index (χ0n) is 13.1. The minimum Gasteiger partial charge on any atom is -0.372 e. The van der Waals surface area contributed by atoms with Crippen LogP contribution < -0.4 is 10.2 Å². The van der Waals surface area contributed by atoms with Crippen LogP contribution in [0, 0.1) is 5.82 Å². The summed E-state index contributed by atoms with van der Waals surface area (Å²) in [7, 11) is 0. The van der Waals surface area contributed by atoms with Gasteiger partial charge in [-0.3, -0.25) is 4.79 Å². The molecule has 0 radical (unpaired) electrons. The molecule has 3 rings (SSSR count). The molecule has 3 nitrogen and oxygen atoms in total. The highest BCUT2D eigenvalue weighted by atomic mass is 19.1. The minimum absolute atomic E-state index is 0.0553. The van der Waals surface area contributed by atoms with E-state index in [1.165, 1.54) is 30.7 Å². The van der Waals surface area contributed by atoms with Crippen molar-refractivity contribution in [2.75, 3.05) is 23.3 Å². The van der Waals surface area contributed by atoms with Gasteiger partial charge in [0.1, 0.15) is 5.82 Å². The van der Waals surface area contributed by atoms with Crippen molar-refractivity contribution >= 4 is 17.3 Å². The van der Waals surface area contributed by atoms with Crippen LogP contribution in [0.1, 0.15) is 24.8 Å². The Balaban J connectivity index is 1.49. The van der Waals surface area contributed by atoms with Crippen molar-refractivity contribution in [3.05, 3.63) is 59.9 Å². The summed E-state index contributed by atoms with van der Waals surface area (Å²) in [5, 5.41) is 2.78. The van der Waals surface area contributed by atoms with Crippen LogP contribution in [0.4, 0.5) is 15.8 Å². The second kappa shape index (κ2) is 7.27. The van der Waals surface area contributed by atoms with E-state index >= 15 is 0 Å². The van der Waals surface area contributed by atoms with Crippen LogP contribution in [-0.4, -0.2) is 19.0 Å². The van der Waals surface area contributed by atoms with Crippen molar-refractivity contribution < 1.29 is 9.18 Å². The summed E-state index contributed by atoms with van der Waals surface area (Å²) in [5.41, 5.74) is 3.05. The van der Waals surface area contributed by atoms with Crippen molar-refractivity contribution in [2.24, 2.45) is 0 Å². The molecule has 0 spiro atoms. The van der Waals surface area contributed by atoms with Crippen LogP contribution in [0.5, 0.6) is 0 Å². The number of halogens is 1. The van der Waals surface area contributed by atoms with E-state index < -0.39 is 0 Å². The molecule has 1 heterocycles. The quantitative estimate of drug-likeness (QED) is 0.905. The Morgan fingerprint density at radius 1 is 1.00 bits per heavy atom. The fourth-order valence-electron chi connectivity index (χ4n) is 2.86. The summed E-state index contributed by atoms with van der Waals surface area (Å²) in [6.07, 6.45) is 3.66. The highest BCUT2D eigenvalue weighted by molar-refractivity contribution is 5.90. The molecule has 0 bridgehead atoms. The third kappa shape index (κ3) is 4.31. The maximum atomic E-state index is 12.8. The lowest BCUT2D eigenvalue weighted by Crippen LogP contribution is -2.17. The summed E-state index contributed by atoms with van der Waals surface area (Å²) in [4.78, 5) is 14.3. The first-order valence-electron chi connectivity index (χ1n) is 8.10. The fourth-order valence-corrected chi connectivity index (χ4v) is 2.86. The van der Waals surface area contributed by atoms with Gasteiger partial charge in [-0.05, 0) is 61.2 Å². The number of benzene rings is 2. The predicted octanol–water partition coefficient (Wildman–Crippen LogP) is 4.00. The normalized spacial score (nSPS) is 14.0. The number of rotatable bonds is 5. The summed E-state index contributed by atoms with van der Waals surface area (Å²) >= 11 is 0. The Morgan fingerprint density at radius 2 is 1.65 bits per heavy atom. The van der Waals surface area contributed by atoms with E-state index in [0.29, 0.717) is 18.5 Å². The Hall–Kier alpha value is -2.36. The maximum absolute atomic E-state index is 12.8. The molecule has 1 saturated heterocycles. The van der Waals surface area contributed by atoms with Crippen molar-refractivity contribution in [1.29, 1.82) is 0 Å². The van der Waals surface area contributed by atoms with Gasteiger partial charge in [-0.2, -0.15) is 0 Å². The molecule has 0 atom stereocenters. The zero-order valence-corrected chi connectivity index (χ0v) is 13.1. The average Bonchev–Trinajstić information content (AvgIpc) is 3.10. The maximum Gasteiger partial charge on any atom is 0.224 e. The molecule has 1 aliphatic heterocycles. The SMILES string of the molecule is O=C(CCc1ccc(N2CCCC2)cc1)Nc1ccc(F)cc1. The fraction of sp³-hybridized carbons (Fsp3) is 0.316. The number of nitrogens with zero attached hydrogens (tertiary/aromatic N) is 1. The zero-order chi connectivity index (χ0) is 16.1. The molecule has 0 aromatic heterocycles. The number of nitrogens with one attached hydrogen (secondary N) is 1. The number of hydrogen-bond donors (Lipinski definition) is 1. The number of carbonyl (C=O) groups excluding carboxylic acids is 1. The number of aryl methyl sites for hydroxylation is 1. The molecular formula is C19H21FN2O. The Bertz CT molecular complexity index is 646. The predicted molar refractivity (Wildman–Crippen MR) is 91.2 cm³/mol. The molecule has 23 heavy (non-hydrogen) atoms.